The number of ether oxygens (including phenoxy) is 2. The molecule has 2 amide bonds. The van der Waals surface area contributed by atoms with Gasteiger partial charge < -0.3 is 20.1 Å². The van der Waals surface area contributed by atoms with E-state index in [1.165, 1.54) is 20.3 Å². The van der Waals surface area contributed by atoms with Gasteiger partial charge in [0.05, 0.1) is 14.2 Å². The van der Waals surface area contributed by atoms with Crippen molar-refractivity contribution in [2.45, 2.75) is 0 Å². The Morgan fingerprint density at radius 2 is 1.23 bits per heavy atom. The van der Waals surface area contributed by atoms with Crippen molar-refractivity contribution in [3.63, 3.8) is 0 Å². The first-order chi connectivity index (χ1) is 14.6. The molecule has 6 heteroatoms. The minimum Gasteiger partial charge on any atom is -0.493 e. The molecule has 30 heavy (non-hydrogen) atoms. The van der Waals surface area contributed by atoms with E-state index in [2.05, 4.69) is 10.6 Å². The standard InChI is InChI=1S/C24H22N2O4/c1-29-21-15-9-10-17(22(21)30-2)16-20(23(27)25-18-11-5-3-6-12-18)24(28)26-19-13-7-4-8-14-19/h3-16H,1-2H3,(H,25,27)(H,26,28). The third-order valence-electron chi connectivity index (χ3n) is 4.29. The highest BCUT2D eigenvalue weighted by atomic mass is 16.5. The Labute approximate surface area is 175 Å². The Kier molecular flexibility index (Phi) is 6.84. The molecule has 3 rings (SSSR count). The lowest BCUT2D eigenvalue weighted by molar-refractivity contribution is -0.118. The number of carbonyl (C=O) groups excluding carboxylic acids is 2. The zero-order valence-electron chi connectivity index (χ0n) is 16.7. The minimum atomic E-state index is -0.542. The summed E-state index contributed by atoms with van der Waals surface area (Å²) >= 11 is 0. The molecule has 0 unspecified atom stereocenters. The van der Waals surface area contributed by atoms with Crippen LogP contribution in [0.3, 0.4) is 0 Å². The van der Waals surface area contributed by atoms with Gasteiger partial charge >= 0.3 is 0 Å². The van der Waals surface area contributed by atoms with Gasteiger partial charge in [0.2, 0.25) is 0 Å². The van der Waals surface area contributed by atoms with Crippen molar-refractivity contribution >= 4 is 29.3 Å². The number of para-hydroxylation sites is 3. The molecule has 0 spiro atoms. The van der Waals surface area contributed by atoms with Crippen LogP contribution in [0, 0.1) is 0 Å². The van der Waals surface area contributed by atoms with Crippen molar-refractivity contribution in [1.82, 2.24) is 0 Å². The Hall–Kier alpha value is -4.06. The molecular formula is C24H22N2O4. The van der Waals surface area contributed by atoms with Crippen LogP contribution in [-0.2, 0) is 9.59 Å². The van der Waals surface area contributed by atoms with Crippen LogP contribution in [0.15, 0.2) is 84.4 Å². The fourth-order valence-electron chi connectivity index (χ4n) is 2.86. The van der Waals surface area contributed by atoms with Crippen molar-refractivity contribution in [2.75, 3.05) is 24.9 Å². The van der Waals surface area contributed by atoms with Gasteiger partial charge in [-0.25, -0.2) is 0 Å². The monoisotopic (exact) mass is 402 g/mol. The van der Waals surface area contributed by atoms with Gasteiger partial charge in [-0.2, -0.15) is 0 Å². The van der Waals surface area contributed by atoms with Crippen LogP contribution >= 0.6 is 0 Å². The van der Waals surface area contributed by atoms with E-state index in [4.69, 9.17) is 9.47 Å². The lowest BCUT2D eigenvalue weighted by Crippen LogP contribution is -2.25. The molecule has 2 N–H and O–H groups in total. The molecule has 3 aromatic rings. The number of nitrogens with one attached hydrogen (secondary N) is 2. The Balaban J connectivity index is 1.99. The highest BCUT2D eigenvalue weighted by Crippen LogP contribution is 2.32. The zero-order chi connectivity index (χ0) is 21.3. The Morgan fingerprint density at radius 1 is 0.700 bits per heavy atom. The largest absolute Gasteiger partial charge is 0.493 e. The summed E-state index contributed by atoms with van der Waals surface area (Å²) in [6.07, 6.45) is 1.48. The Bertz CT molecular complexity index is 992. The van der Waals surface area contributed by atoms with Crippen LogP contribution in [0.4, 0.5) is 11.4 Å². The molecule has 0 aromatic heterocycles. The van der Waals surface area contributed by atoms with Crippen LogP contribution in [0.2, 0.25) is 0 Å². The lowest BCUT2D eigenvalue weighted by Gasteiger charge is -2.13. The maximum absolute atomic E-state index is 13.0. The molecule has 3 aromatic carbocycles. The fourth-order valence-corrected chi connectivity index (χ4v) is 2.86. The van der Waals surface area contributed by atoms with Crippen molar-refractivity contribution < 1.29 is 19.1 Å². The summed E-state index contributed by atoms with van der Waals surface area (Å²) in [7, 11) is 3.03. The van der Waals surface area contributed by atoms with Crippen molar-refractivity contribution in [3.8, 4) is 11.5 Å². The van der Waals surface area contributed by atoms with Crippen LogP contribution < -0.4 is 20.1 Å². The van der Waals surface area contributed by atoms with E-state index in [1.54, 1.807) is 66.7 Å². The number of benzene rings is 3. The van der Waals surface area contributed by atoms with Gasteiger partial charge in [-0.15, -0.1) is 0 Å². The third kappa shape index (κ3) is 5.05. The van der Waals surface area contributed by atoms with Gasteiger partial charge in [-0.05, 0) is 36.4 Å². The molecule has 0 bridgehead atoms. The summed E-state index contributed by atoms with van der Waals surface area (Å²) in [5.41, 5.74) is 1.63. The molecule has 0 aliphatic heterocycles. The average Bonchev–Trinajstić information content (AvgIpc) is 2.78. The van der Waals surface area contributed by atoms with Gasteiger partial charge in [0, 0.05) is 16.9 Å². The molecule has 0 heterocycles. The summed E-state index contributed by atoms with van der Waals surface area (Å²) in [4.78, 5) is 26.0. The van der Waals surface area contributed by atoms with Crippen LogP contribution in [0.25, 0.3) is 6.08 Å². The van der Waals surface area contributed by atoms with E-state index in [0.717, 1.165) is 0 Å². The van der Waals surface area contributed by atoms with Crippen molar-refractivity contribution in [3.05, 3.63) is 90.0 Å². The molecule has 0 saturated carbocycles. The van der Waals surface area contributed by atoms with E-state index in [0.29, 0.717) is 28.4 Å². The average molecular weight is 402 g/mol. The summed E-state index contributed by atoms with van der Waals surface area (Å²) < 4.78 is 10.7. The quantitative estimate of drug-likeness (QED) is 0.350. The second-order valence-electron chi connectivity index (χ2n) is 6.28. The van der Waals surface area contributed by atoms with E-state index >= 15 is 0 Å². The normalized spacial score (nSPS) is 9.93. The lowest BCUT2D eigenvalue weighted by atomic mass is 10.1. The van der Waals surface area contributed by atoms with Gasteiger partial charge in [0.25, 0.3) is 11.8 Å². The van der Waals surface area contributed by atoms with Crippen molar-refractivity contribution in [2.24, 2.45) is 0 Å². The van der Waals surface area contributed by atoms with Gasteiger partial charge in [-0.1, -0.05) is 48.5 Å². The van der Waals surface area contributed by atoms with Crippen LogP contribution in [0.5, 0.6) is 11.5 Å². The molecule has 0 aliphatic rings. The second kappa shape index (κ2) is 9.93. The third-order valence-corrected chi connectivity index (χ3v) is 4.29. The molecule has 0 fully saturated rings. The number of anilines is 2. The second-order valence-corrected chi connectivity index (χ2v) is 6.28. The molecule has 0 aliphatic carbocycles. The smallest absolute Gasteiger partial charge is 0.261 e. The van der Waals surface area contributed by atoms with Crippen molar-refractivity contribution in [1.29, 1.82) is 0 Å². The number of rotatable bonds is 7. The zero-order valence-corrected chi connectivity index (χ0v) is 16.7. The highest BCUT2D eigenvalue weighted by molar-refractivity contribution is 6.29. The predicted octanol–water partition coefficient (Wildman–Crippen LogP) is 4.36. The molecule has 0 radical (unpaired) electrons. The van der Waals surface area contributed by atoms with E-state index in [9.17, 15) is 9.59 Å². The topological polar surface area (TPSA) is 76.7 Å². The molecule has 152 valence electrons. The maximum Gasteiger partial charge on any atom is 0.261 e. The van der Waals surface area contributed by atoms with E-state index < -0.39 is 11.8 Å². The number of methoxy groups -OCH3 is 2. The number of carbonyl (C=O) groups is 2. The van der Waals surface area contributed by atoms with E-state index in [-0.39, 0.29) is 5.57 Å². The fraction of sp³-hybridized carbons (Fsp3) is 0.0833. The van der Waals surface area contributed by atoms with Gasteiger partial charge in [0.15, 0.2) is 11.5 Å². The van der Waals surface area contributed by atoms with Crippen LogP contribution in [-0.4, -0.2) is 26.0 Å². The van der Waals surface area contributed by atoms with E-state index in [1.807, 2.05) is 12.1 Å². The number of hydrogen-bond donors (Lipinski definition) is 2. The Morgan fingerprint density at radius 3 is 1.70 bits per heavy atom. The molecule has 0 atom stereocenters. The first-order valence-corrected chi connectivity index (χ1v) is 9.28. The molecular weight excluding hydrogens is 380 g/mol. The number of hydrogen-bond acceptors (Lipinski definition) is 4. The first kappa shape index (κ1) is 20.7. The molecule has 6 nitrogen and oxygen atoms in total. The van der Waals surface area contributed by atoms with Gasteiger partial charge in [-0.3, -0.25) is 9.59 Å². The first-order valence-electron chi connectivity index (χ1n) is 9.28. The maximum atomic E-state index is 13.0. The van der Waals surface area contributed by atoms with Gasteiger partial charge in [0.1, 0.15) is 5.57 Å². The summed E-state index contributed by atoms with van der Waals surface area (Å²) in [5.74, 6) is -0.158. The SMILES string of the molecule is COc1cccc(C=C(C(=O)Nc2ccccc2)C(=O)Nc2ccccc2)c1OC. The minimum absolute atomic E-state index is 0.0748. The highest BCUT2D eigenvalue weighted by Gasteiger charge is 2.20. The summed E-state index contributed by atoms with van der Waals surface area (Å²) in [6, 6.07) is 23.1. The van der Waals surface area contributed by atoms with Crippen LogP contribution in [0.1, 0.15) is 5.56 Å². The summed E-state index contributed by atoms with van der Waals surface area (Å²) in [6.45, 7) is 0. The molecule has 0 saturated heterocycles. The predicted molar refractivity (Wildman–Crippen MR) is 118 cm³/mol. The number of amides is 2. The summed E-state index contributed by atoms with van der Waals surface area (Å²) in [5, 5.41) is 5.51.